The molecular weight excluding hydrogens is 444 g/mol. The summed E-state index contributed by atoms with van der Waals surface area (Å²) in [5.41, 5.74) is 4.08. The first-order valence-corrected chi connectivity index (χ1v) is 12.4. The van der Waals surface area contributed by atoms with Gasteiger partial charge in [0.15, 0.2) is 0 Å². The van der Waals surface area contributed by atoms with Crippen molar-refractivity contribution >= 4 is 23.5 Å². The van der Waals surface area contributed by atoms with Crippen molar-refractivity contribution in [1.82, 2.24) is 14.8 Å². The van der Waals surface area contributed by atoms with E-state index in [1.807, 2.05) is 58.9 Å². The Balaban J connectivity index is 1.31. The molecular formula is C27H26N4O2S. The summed E-state index contributed by atoms with van der Waals surface area (Å²) in [4.78, 5) is 16.9. The van der Waals surface area contributed by atoms with Gasteiger partial charge in [-0.25, -0.2) is 4.68 Å². The summed E-state index contributed by atoms with van der Waals surface area (Å²) >= 11 is 1.92. The quantitative estimate of drug-likeness (QED) is 0.383. The zero-order valence-corrected chi connectivity index (χ0v) is 20.0. The third-order valence-electron chi connectivity index (χ3n) is 5.89. The molecule has 0 spiro atoms. The van der Waals surface area contributed by atoms with Crippen LogP contribution < -0.4 is 10.1 Å². The molecule has 0 radical (unpaired) electrons. The number of carbonyl (C=O) groups is 1. The van der Waals surface area contributed by atoms with Crippen LogP contribution in [0.2, 0.25) is 0 Å². The van der Waals surface area contributed by atoms with Gasteiger partial charge in [-0.2, -0.15) is 16.9 Å². The fourth-order valence-corrected chi connectivity index (χ4v) is 4.91. The number of hydrogen-bond acceptors (Lipinski definition) is 5. The number of nitrogens with zero attached hydrogens (tertiary/aromatic N) is 3. The second-order valence-corrected chi connectivity index (χ2v) is 9.86. The molecule has 6 nitrogen and oxygen atoms in total. The minimum Gasteiger partial charge on any atom is -0.457 e. The van der Waals surface area contributed by atoms with Crippen molar-refractivity contribution < 1.29 is 9.53 Å². The van der Waals surface area contributed by atoms with Crippen molar-refractivity contribution in [1.29, 1.82) is 0 Å². The number of hydrogen-bond donors (Lipinski definition) is 1. The number of anilines is 1. The van der Waals surface area contributed by atoms with Gasteiger partial charge in [0.2, 0.25) is 5.91 Å². The molecule has 1 fully saturated rings. The number of aryl methyl sites for hydroxylation is 1. The summed E-state index contributed by atoms with van der Waals surface area (Å²) in [7, 11) is 0. The van der Waals surface area contributed by atoms with Crippen LogP contribution in [0.1, 0.15) is 23.7 Å². The number of thioether (sulfide) groups is 1. The first-order chi connectivity index (χ1) is 16.5. The minimum absolute atomic E-state index is 0.0464. The molecule has 2 aromatic carbocycles. The number of nitrogens with one attached hydrogen (secondary N) is 1. The summed E-state index contributed by atoms with van der Waals surface area (Å²) in [6.07, 6.45) is 3.63. The van der Waals surface area contributed by atoms with Gasteiger partial charge in [0, 0.05) is 35.4 Å². The molecule has 1 aliphatic heterocycles. The molecule has 0 bridgehead atoms. The Morgan fingerprint density at radius 2 is 1.71 bits per heavy atom. The molecule has 0 atom stereocenters. The van der Waals surface area contributed by atoms with Gasteiger partial charge in [-0.3, -0.25) is 9.78 Å². The minimum atomic E-state index is -0.0873. The zero-order valence-electron chi connectivity index (χ0n) is 19.2. The van der Waals surface area contributed by atoms with E-state index in [1.54, 1.807) is 24.5 Å². The van der Waals surface area contributed by atoms with Crippen LogP contribution in [0.15, 0.2) is 79.1 Å². The van der Waals surface area contributed by atoms with Gasteiger partial charge >= 0.3 is 0 Å². The Hall–Kier alpha value is -3.58. The third-order valence-corrected chi connectivity index (χ3v) is 7.57. The Morgan fingerprint density at radius 1 is 1.03 bits per heavy atom. The smallest absolute Gasteiger partial charge is 0.229 e. The van der Waals surface area contributed by atoms with E-state index in [0.717, 1.165) is 34.2 Å². The second kappa shape index (κ2) is 9.35. The summed E-state index contributed by atoms with van der Waals surface area (Å²) in [5, 5.41) is 7.97. The molecule has 7 heteroatoms. The largest absolute Gasteiger partial charge is 0.457 e. The molecule has 0 aliphatic carbocycles. The first-order valence-electron chi connectivity index (χ1n) is 11.2. The molecule has 5 rings (SSSR count). The highest BCUT2D eigenvalue weighted by atomic mass is 32.2. The SMILES string of the molecule is Cc1ccc(-n2nc(C3(C)CSC3)cc2NC(=O)Cc2ccc(Oc3ccncc3)cc2)cc1. The van der Waals surface area contributed by atoms with Crippen molar-refractivity contribution in [2.45, 2.75) is 25.7 Å². The highest BCUT2D eigenvalue weighted by Gasteiger charge is 2.37. The van der Waals surface area contributed by atoms with Gasteiger partial charge in [-0.05, 0) is 48.9 Å². The van der Waals surface area contributed by atoms with E-state index in [-0.39, 0.29) is 17.7 Å². The molecule has 1 saturated heterocycles. The number of rotatable bonds is 7. The molecule has 1 amide bonds. The summed E-state index contributed by atoms with van der Waals surface area (Å²) < 4.78 is 7.64. The third kappa shape index (κ3) is 4.84. The van der Waals surface area contributed by atoms with Crippen LogP contribution in [0.25, 0.3) is 5.69 Å². The van der Waals surface area contributed by atoms with Crippen LogP contribution in [0.5, 0.6) is 11.5 Å². The molecule has 34 heavy (non-hydrogen) atoms. The van der Waals surface area contributed by atoms with Gasteiger partial charge in [-0.1, -0.05) is 36.8 Å². The van der Waals surface area contributed by atoms with Crippen molar-refractivity contribution in [3.05, 3.63) is 95.9 Å². The molecule has 2 aromatic heterocycles. The van der Waals surface area contributed by atoms with Crippen LogP contribution in [0, 0.1) is 6.92 Å². The van der Waals surface area contributed by atoms with Crippen molar-refractivity contribution in [3.63, 3.8) is 0 Å². The van der Waals surface area contributed by atoms with Crippen molar-refractivity contribution in [2.24, 2.45) is 0 Å². The fourth-order valence-electron chi connectivity index (χ4n) is 3.79. The maximum Gasteiger partial charge on any atom is 0.229 e. The summed E-state index contributed by atoms with van der Waals surface area (Å²) in [5.74, 6) is 4.12. The van der Waals surface area contributed by atoms with E-state index >= 15 is 0 Å². The second-order valence-electron chi connectivity index (χ2n) is 8.87. The predicted molar refractivity (Wildman–Crippen MR) is 136 cm³/mol. The highest BCUT2D eigenvalue weighted by Crippen LogP contribution is 2.40. The molecule has 4 aromatic rings. The molecule has 1 aliphatic rings. The maximum absolute atomic E-state index is 12.9. The standard InChI is InChI=1S/C27H26N4O2S/c1-19-3-7-21(8-4-19)31-25(16-24(30-31)27(2)17-34-18-27)29-26(32)15-20-5-9-22(10-6-20)33-23-11-13-28-14-12-23/h3-14,16H,15,17-18H2,1-2H3,(H,29,32). The van der Waals surface area contributed by atoms with E-state index in [1.165, 1.54) is 5.56 Å². The zero-order chi connectivity index (χ0) is 23.5. The monoisotopic (exact) mass is 470 g/mol. The van der Waals surface area contributed by atoms with Crippen LogP contribution in [0.4, 0.5) is 5.82 Å². The van der Waals surface area contributed by atoms with Gasteiger partial charge in [0.25, 0.3) is 0 Å². The average Bonchev–Trinajstić information content (AvgIpc) is 3.24. The number of ether oxygens (including phenoxy) is 1. The van der Waals surface area contributed by atoms with Gasteiger partial charge in [-0.15, -0.1) is 0 Å². The lowest BCUT2D eigenvalue weighted by molar-refractivity contribution is -0.115. The van der Waals surface area contributed by atoms with Crippen LogP contribution in [0.3, 0.4) is 0 Å². The maximum atomic E-state index is 12.9. The Bertz CT molecular complexity index is 1280. The van der Waals surface area contributed by atoms with Gasteiger partial charge in [0.1, 0.15) is 17.3 Å². The lowest BCUT2D eigenvalue weighted by Gasteiger charge is -2.35. The van der Waals surface area contributed by atoms with Gasteiger partial charge in [0.05, 0.1) is 17.8 Å². The normalized spacial score (nSPS) is 14.3. The van der Waals surface area contributed by atoms with E-state index in [9.17, 15) is 4.79 Å². The molecule has 172 valence electrons. The molecule has 3 heterocycles. The van der Waals surface area contributed by atoms with E-state index in [2.05, 4.69) is 36.3 Å². The highest BCUT2D eigenvalue weighted by molar-refractivity contribution is 8.00. The number of pyridine rings is 1. The van der Waals surface area contributed by atoms with Crippen LogP contribution in [-0.4, -0.2) is 32.2 Å². The number of carbonyl (C=O) groups excluding carboxylic acids is 1. The number of benzene rings is 2. The van der Waals surface area contributed by atoms with Crippen molar-refractivity contribution in [3.8, 4) is 17.2 Å². The Kier molecular flexibility index (Phi) is 6.11. The van der Waals surface area contributed by atoms with E-state index < -0.39 is 0 Å². The van der Waals surface area contributed by atoms with Crippen LogP contribution >= 0.6 is 11.8 Å². The fraction of sp³-hybridized carbons (Fsp3) is 0.222. The number of amides is 1. The number of aromatic nitrogens is 3. The first kappa shape index (κ1) is 22.2. The Labute approximate surface area is 203 Å². The van der Waals surface area contributed by atoms with Crippen molar-refractivity contribution in [2.75, 3.05) is 16.8 Å². The molecule has 1 N–H and O–H groups in total. The van der Waals surface area contributed by atoms with Gasteiger partial charge < -0.3 is 10.1 Å². The predicted octanol–water partition coefficient (Wildman–Crippen LogP) is 5.55. The average molecular weight is 471 g/mol. The van der Waals surface area contributed by atoms with E-state index in [0.29, 0.717) is 11.6 Å². The summed E-state index contributed by atoms with van der Waals surface area (Å²) in [6, 6.07) is 21.3. The summed E-state index contributed by atoms with van der Waals surface area (Å²) in [6.45, 7) is 4.29. The lowest BCUT2D eigenvalue weighted by Crippen LogP contribution is -2.37. The topological polar surface area (TPSA) is 69.0 Å². The lowest BCUT2D eigenvalue weighted by atomic mass is 9.91. The molecule has 0 unspecified atom stereocenters. The Morgan fingerprint density at radius 3 is 2.35 bits per heavy atom. The van der Waals surface area contributed by atoms with Crippen LogP contribution in [-0.2, 0) is 16.6 Å². The molecule has 0 saturated carbocycles. The van der Waals surface area contributed by atoms with E-state index in [4.69, 9.17) is 9.84 Å².